The van der Waals surface area contributed by atoms with Gasteiger partial charge in [-0.2, -0.15) is 10.2 Å². The van der Waals surface area contributed by atoms with Crippen molar-refractivity contribution in [2.45, 2.75) is 45.7 Å². The van der Waals surface area contributed by atoms with E-state index in [1.165, 1.54) is 21.5 Å². The molecule has 1 N–H and O–H groups in total. The second-order valence-corrected chi connectivity index (χ2v) is 6.38. The number of hydrogen-bond acceptors (Lipinski definition) is 5. The van der Waals surface area contributed by atoms with E-state index in [9.17, 15) is 14.4 Å². The summed E-state index contributed by atoms with van der Waals surface area (Å²) in [6, 6.07) is 4.23. The van der Waals surface area contributed by atoms with E-state index in [2.05, 4.69) is 15.5 Å². The molecule has 0 spiro atoms. The highest BCUT2D eigenvalue weighted by Gasteiger charge is 2.15. The molecule has 1 amide bonds. The summed E-state index contributed by atoms with van der Waals surface area (Å²) in [5.41, 5.74) is 1.77. The van der Waals surface area contributed by atoms with Crippen LogP contribution in [0.1, 0.15) is 48.1 Å². The van der Waals surface area contributed by atoms with Crippen LogP contribution in [0.4, 0.5) is 0 Å². The maximum Gasteiger partial charge on any atom is 0.271 e. The van der Waals surface area contributed by atoms with Crippen LogP contribution < -0.4 is 16.4 Å². The lowest BCUT2D eigenvalue weighted by Crippen LogP contribution is -2.34. The Labute approximate surface area is 144 Å². The lowest BCUT2D eigenvalue weighted by molar-refractivity contribution is 0.0944. The zero-order valence-corrected chi connectivity index (χ0v) is 14.4. The fourth-order valence-corrected chi connectivity index (χ4v) is 2.88. The number of hydrogen-bond donors (Lipinski definition) is 1. The number of nitrogens with one attached hydrogen (secondary N) is 1. The van der Waals surface area contributed by atoms with Crippen LogP contribution in [-0.2, 0) is 19.4 Å². The van der Waals surface area contributed by atoms with Crippen molar-refractivity contribution in [3.63, 3.8) is 0 Å². The lowest BCUT2D eigenvalue weighted by atomic mass is 10.2. The molecule has 2 aromatic heterocycles. The molecule has 2 heterocycles. The van der Waals surface area contributed by atoms with Crippen LogP contribution in [0, 0.1) is 0 Å². The summed E-state index contributed by atoms with van der Waals surface area (Å²) in [6.45, 7) is 4.19. The zero-order valence-electron chi connectivity index (χ0n) is 14.4. The van der Waals surface area contributed by atoms with E-state index in [1.807, 2.05) is 13.8 Å². The number of nitrogens with zero attached hydrogens (tertiary/aromatic N) is 4. The molecular weight excluding hydrogens is 322 g/mol. The molecule has 132 valence electrons. The van der Waals surface area contributed by atoms with Crippen molar-refractivity contribution >= 4 is 5.91 Å². The van der Waals surface area contributed by atoms with Gasteiger partial charge in [0.25, 0.3) is 17.0 Å². The number of aromatic nitrogens is 4. The number of carbonyl (C=O) groups is 1. The molecule has 1 aliphatic carbocycles. The summed E-state index contributed by atoms with van der Waals surface area (Å²) in [6.07, 6.45) is 2.83. The standard InChI is InChI=1S/C17H21N5O3/c1-11(2)22-15(23)7-6-14(20-22)17(25)18-8-9-21-16(24)10-12-4-3-5-13(12)19-21/h6-7,10-11H,3-5,8-9H2,1-2H3,(H,18,25). The Balaban J connectivity index is 1.65. The predicted octanol–water partition coefficient (Wildman–Crippen LogP) is 0.300. The van der Waals surface area contributed by atoms with Crippen molar-refractivity contribution in [3.8, 4) is 0 Å². The second-order valence-electron chi connectivity index (χ2n) is 6.38. The quantitative estimate of drug-likeness (QED) is 0.842. The fourth-order valence-electron chi connectivity index (χ4n) is 2.88. The van der Waals surface area contributed by atoms with E-state index in [0.29, 0.717) is 6.54 Å². The lowest BCUT2D eigenvalue weighted by Gasteiger charge is -2.11. The predicted molar refractivity (Wildman–Crippen MR) is 91.7 cm³/mol. The van der Waals surface area contributed by atoms with Crippen molar-refractivity contribution in [3.05, 3.63) is 55.9 Å². The molecule has 1 aliphatic rings. The highest BCUT2D eigenvalue weighted by Crippen LogP contribution is 2.16. The molecular formula is C17H21N5O3. The van der Waals surface area contributed by atoms with Crippen LogP contribution in [-0.4, -0.2) is 32.0 Å². The van der Waals surface area contributed by atoms with Crippen LogP contribution in [0.2, 0.25) is 0 Å². The first-order chi connectivity index (χ1) is 12.0. The van der Waals surface area contributed by atoms with E-state index < -0.39 is 0 Å². The smallest absolute Gasteiger partial charge is 0.271 e. The number of amides is 1. The first kappa shape index (κ1) is 17.1. The first-order valence-electron chi connectivity index (χ1n) is 8.43. The Bertz CT molecular complexity index is 913. The Morgan fingerprint density at radius 3 is 2.76 bits per heavy atom. The molecule has 0 fully saturated rings. The maximum absolute atomic E-state index is 12.2. The van der Waals surface area contributed by atoms with Crippen molar-refractivity contribution in [2.24, 2.45) is 0 Å². The van der Waals surface area contributed by atoms with E-state index in [4.69, 9.17) is 0 Å². The van der Waals surface area contributed by atoms with Crippen LogP contribution in [0.5, 0.6) is 0 Å². The third kappa shape index (κ3) is 3.67. The topological polar surface area (TPSA) is 98.9 Å². The molecule has 3 rings (SSSR count). The number of carbonyl (C=O) groups excluding carboxylic acids is 1. The van der Waals surface area contributed by atoms with Gasteiger partial charge in [0.05, 0.1) is 18.3 Å². The van der Waals surface area contributed by atoms with Crippen molar-refractivity contribution in [1.29, 1.82) is 0 Å². The summed E-state index contributed by atoms with van der Waals surface area (Å²) in [4.78, 5) is 35.9. The maximum atomic E-state index is 12.2. The Morgan fingerprint density at radius 2 is 2.00 bits per heavy atom. The summed E-state index contributed by atoms with van der Waals surface area (Å²) in [7, 11) is 0. The molecule has 25 heavy (non-hydrogen) atoms. The highest BCUT2D eigenvalue weighted by atomic mass is 16.2. The molecule has 0 unspecified atom stereocenters. The molecule has 0 bridgehead atoms. The second kappa shape index (κ2) is 7.00. The Morgan fingerprint density at radius 1 is 1.20 bits per heavy atom. The Kier molecular flexibility index (Phi) is 4.78. The minimum Gasteiger partial charge on any atom is -0.349 e. The van der Waals surface area contributed by atoms with E-state index >= 15 is 0 Å². The molecule has 8 nitrogen and oxygen atoms in total. The van der Waals surface area contributed by atoms with Gasteiger partial charge in [-0.25, -0.2) is 9.36 Å². The monoisotopic (exact) mass is 343 g/mol. The molecule has 0 aliphatic heterocycles. The van der Waals surface area contributed by atoms with Gasteiger partial charge in [-0.05, 0) is 44.7 Å². The van der Waals surface area contributed by atoms with Crippen molar-refractivity contribution in [1.82, 2.24) is 24.9 Å². The molecule has 0 saturated heterocycles. The number of rotatable bonds is 5. The third-order valence-corrected chi connectivity index (χ3v) is 4.18. The van der Waals surface area contributed by atoms with Crippen LogP contribution in [0.15, 0.2) is 27.8 Å². The van der Waals surface area contributed by atoms with Gasteiger partial charge >= 0.3 is 0 Å². The van der Waals surface area contributed by atoms with E-state index in [0.717, 1.165) is 30.5 Å². The third-order valence-electron chi connectivity index (χ3n) is 4.18. The molecule has 0 aromatic carbocycles. The van der Waals surface area contributed by atoms with Gasteiger partial charge in [0.2, 0.25) is 0 Å². The minimum absolute atomic E-state index is 0.130. The van der Waals surface area contributed by atoms with Gasteiger partial charge < -0.3 is 5.32 Å². The summed E-state index contributed by atoms with van der Waals surface area (Å²) in [5.74, 6) is -0.386. The largest absolute Gasteiger partial charge is 0.349 e. The SMILES string of the molecule is CC(C)n1nc(C(=O)NCCn2nc3c(cc2=O)CCC3)ccc1=O. The first-order valence-corrected chi connectivity index (χ1v) is 8.43. The molecule has 0 atom stereocenters. The molecule has 2 aromatic rings. The van der Waals surface area contributed by atoms with E-state index in [-0.39, 0.29) is 35.3 Å². The van der Waals surface area contributed by atoms with Crippen molar-refractivity contribution in [2.75, 3.05) is 6.54 Å². The fraction of sp³-hybridized carbons (Fsp3) is 0.471. The summed E-state index contributed by atoms with van der Waals surface area (Å²) >= 11 is 0. The zero-order chi connectivity index (χ0) is 18.0. The van der Waals surface area contributed by atoms with Gasteiger partial charge in [0.15, 0.2) is 0 Å². The molecule has 0 radical (unpaired) electrons. The number of aryl methyl sites for hydroxylation is 2. The van der Waals surface area contributed by atoms with Gasteiger partial charge in [-0.3, -0.25) is 14.4 Å². The summed E-state index contributed by atoms with van der Waals surface area (Å²) in [5, 5.41) is 11.1. The van der Waals surface area contributed by atoms with Crippen LogP contribution in [0.3, 0.4) is 0 Å². The van der Waals surface area contributed by atoms with Gasteiger partial charge in [-0.15, -0.1) is 0 Å². The minimum atomic E-state index is -0.386. The van der Waals surface area contributed by atoms with E-state index in [1.54, 1.807) is 6.07 Å². The highest BCUT2D eigenvalue weighted by molar-refractivity contribution is 5.91. The average molecular weight is 343 g/mol. The molecule has 8 heteroatoms. The van der Waals surface area contributed by atoms with Crippen molar-refractivity contribution < 1.29 is 4.79 Å². The van der Waals surface area contributed by atoms with Crippen LogP contribution in [0.25, 0.3) is 0 Å². The molecule has 0 saturated carbocycles. The van der Waals surface area contributed by atoms with Gasteiger partial charge in [-0.1, -0.05) is 0 Å². The normalized spacial score (nSPS) is 13.1. The van der Waals surface area contributed by atoms with Crippen LogP contribution >= 0.6 is 0 Å². The van der Waals surface area contributed by atoms with Gasteiger partial charge in [0.1, 0.15) is 5.69 Å². The Hall–Kier alpha value is -2.77. The van der Waals surface area contributed by atoms with Gasteiger partial charge in [0, 0.05) is 18.7 Å². The summed E-state index contributed by atoms with van der Waals surface area (Å²) < 4.78 is 2.65. The average Bonchev–Trinajstić information content (AvgIpc) is 3.02. The number of fused-ring (bicyclic) bond motifs is 1.